The lowest BCUT2D eigenvalue weighted by Crippen LogP contribution is -2.54. The van der Waals surface area contributed by atoms with Gasteiger partial charge in [0.25, 0.3) is 5.91 Å². The minimum Gasteiger partial charge on any atom is -0.381 e. The molecule has 2 aromatic carbocycles. The topological polar surface area (TPSA) is 93.5 Å². The van der Waals surface area contributed by atoms with E-state index in [0.717, 1.165) is 0 Å². The van der Waals surface area contributed by atoms with Crippen molar-refractivity contribution in [2.75, 3.05) is 23.8 Å². The molecule has 6 nitrogen and oxygen atoms in total. The van der Waals surface area contributed by atoms with Gasteiger partial charge in [-0.3, -0.25) is 9.59 Å². The van der Waals surface area contributed by atoms with Crippen LogP contribution in [0.15, 0.2) is 48.5 Å². The molecule has 2 amide bonds. The quantitative estimate of drug-likeness (QED) is 0.720. The van der Waals surface area contributed by atoms with Crippen molar-refractivity contribution >= 4 is 47.2 Å². The second-order valence-corrected chi connectivity index (χ2v) is 6.64. The minimum absolute atomic E-state index is 0. The molecule has 0 saturated carbocycles. The molecule has 2 aromatic rings. The standard InChI is InChI=1S/C19H20ClN3O3.ClH/c20-16-7-6-14(23-18(25)19(21)8-10-26-11-9-19)12-15(16)17(24)22-13-4-2-1-3-5-13;/h1-7,12H,8-11,21H2,(H,22,24)(H,23,25);1H. The second-order valence-electron chi connectivity index (χ2n) is 6.24. The third-order valence-corrected chi connectivity index (χ3v) is 4.67. The molecule has 3 rings (SSSR count). The van der Waals surface area contributed by atoms with Gasteiger partial charge in [-0.15, -0.1) is 12.4 Å². The van der Waals surface area contributed by atoms with Crippen LogP contribution in [0.1, 0.15) is 23.2 Å². The monoisotopic (exact) mass is 409 g/mol. The van der Waals surface area contributed by atoms with E-state index in [1.807, 2.05) is 18.2 Å². The number of anilines is 2. The molecule has 0 spiro atoms. The van der Waals surface area contributed by atoms with Crippen LogP contribution in [0.3, 0.4) is 0 Å². The van der Waals surface area contributed by atoms with Gasteiger partial charge in [-0.2, -0.15) is 0 Å². The fourth-order valence-corrected chi connectivity index (χ4v) is 2.92. The molecule has 0 aromatic heterocycles. The van der Waals surface area contributed by atoms with Gasteiger partial charge in [0.05, 0.1) is 10.6 Å². The molecule has 4 N–H and O–H groups in total. The summed E-state index contributed by atoms with van der Waals surface area (Å²) in [4.78, 5) is 25.0. The van der Waals surface area contributed by atoms with Gasteiger partial charge in [0.1, 0.15) is 5.54 Å². The molecule has 0 aliphatic carbocycles. The summed E-state index contributed by atoms with van der Waals surface area (Å²) in [6.07, 6.45) is 0.904. The highest BCUT2D eigenvalue weighted by molar-refractivity contribution is 6.34. The zero-order valence-corrected chi connectivity index (χ0v) is 16.1. The number of amides is 2. The van der Waals surface area contributed by atoms with Crippen LogP contribution >= 0.6 is 24.0 Å². The molecule has 8 heteroatoms. The first kappa shape index (κ1) is 21.2. The summed E-state index contributed by atoms with van der Waals surface area (Å²) in [5.41, 5.74) is 6.61. The number of benzene rings is 2. The Bertz CT molecular complexity index is 809. The molecule has 1 fully saturated rings. The first-order chi connectivity index (χ1) is 12.5. The summed E-state index contributed by atoms with van der Waals surface area (Å²) < 4.78 is 5.26. The van der Waals surface area contributed by atoms with E-state index >= 15 is 0 Å². The fourth-order valence-electron chi connectivity index (χ4n) is 2.72. The molecule has 0 radical (unpaired) electrons. The average molecular weight is 410 g/mol. The third-order valence-electron chi connectivity index (χ3n) is 4.34. The summed E-state index contributed by atoms with van der Waals surface area (Å²) in [6, 6.07) is 13.8. The first-order valence-electron chi connectivity index (χ1n) is 8.32. The van der Waals surface area contributed by atoms with Crippen molar-refractivity contribution in [3.63, 3.8) is 0 Å². The van der Waals surface area contributed by atoms with E-state index in [9.17, 15) is 9.59 Å². The SMILES string of the molecule is Cl.NC1(C(=O)Nc2ccc(Cl)c(C(=O)Nc3ccccc3)c2)CCOCC1. The van der Waals surface area contributed by atoms with Crippen LogP contribution in [0.5, 0.6) is 0 Å². The third kappa shape index (κ3) is 5.20. The van der Waals surface area contributed by atoms with Crippen LogP contribution in [0.2, 0.25) is 5.02 Å². The summed E-state index contributed by atoms with van der Waals surface area (Å²) >= 11 is 6.16. The number of carbonyl (C=O) groups excluding carboxylic acids is 2. The van der Waals surface area contributed by atoms with Crippen LogP contribution in [-0.4, -0.2) is 30.6 Å². The molecule has 1 saturated heterocycles. The van der Waals surface area contributed by atoms with E-state index in [1.165, 1.54) is 0 Å². The van der Waals surface area contributed by atoms with Gasteiger partial charge >= 0.3 is 0 Å². The number of nitrogens with one attached hydrogen (secondary N) is 2. The zero-order valence-electron chi connectivity index (χ0n) is 14.5. The maximum atomic E-state index is 12.5. The first-order valence-corrected chi connectivity index (χ1v) is 8.70. The molecule has 0 unspecified atom stereocenters. The van der Waals surface area contributed by atoms with Gasteiger partial charge in [0, 0.05) is 24.6 Å². The molecular weight excluding hydrogens is 389 g/mol. The van der Waals surface area contributed by atoms with E-state index < -0.39 is 5.54 Å². The predicted octanol–water partition coefficient (Wildman–Crippen LogP) is 3.46. The van der Waals surface area contributed by atoms with Crippen molar-refractivity contribution in [3.05, 3.63) is 59.1 Å². The Morgan fingerprint density at radius 1 is 1.00 bits per heavy atom. The van der Waals surface area contributed by atoms with E-state index in [-0.39, 0.29) is 29.8 Å². The Kier molecular flexibility index (Phi) is 7.21. The van der Waals surface area contributed by atoms with E-state index in [2.05, 4.69) is 10.6 Å². The van der Waals surface area contributed by atoms with Crippen molar-refractivity contribution in [1.29, 1.82) is 0 Å². The van der Waals surface area contributed by atoms with Crippen molar-refractivity contribution < 1.29 is 14.3 Å². The van der Waals surface area contributed by atoms with Crippen molar-refractivity contribution in [2.24, 2.45) is 5.73 Å². The Balaban J connectivity index is 0.00000261. The minimum atomic E-state index is -0.968. The lowest BCUT2D eigenvalue weighted by molar-refractivity contribution is -0.124. The smallest absolute Gasteiger partial charge is 0.257 e. The lowest BCUT2D eigenvalue weighted by Gasteiger charge is -2.31. The largest absolute Gasteiger partial charge is 0.381 e. The van der Waals surface area contributed by atoms with Crippen LogP contribution in [0.4, 0.5) is 11.4 Å². The zero-order chi connectivity index (χ0) is 18.6. The lowest BCUT2D eigenvalue weighted by atomic mass is 9.90. The van der Waals surface area contributed by atoms with Gasteiger partial charge in [-0.25, -0.2) is 0 Å². The highest BCUT2D eigenvalue weighted by Crippen LogP contribution is 2.24. The number of hydrogen-bond acceptors (Lipinski definition) is 4. The highest BCUT2D eigenvalue weighted by Gasteiger charge is 2.36. The van der Waals surface area contributed by atoms with Gasteiger partial charge in [-0.1, -0.05) is 29.8 Å². The fraction of sp³-hybridized carbons (Fsp3) is 0.263. The van der Waals surface area contributed by atoms with E-state index in [1.54, 1.807) is 30.3 Å². The normalized spacial score (nSPS) is 15.3. The number of para-hydroxylation sites is 1. The average Bonchev–Trinajstić information content (AvgIpc) is 2.64. The Hall–Kier alpha value is -2.12. The van der Waals surface area contributed by atoms with Crippen LogP contribution in [0.25, 0.3) is 0 Å². The van der Waals surface area contributed by atoms with Gasteiger partial charge in [0.15, 0.2) is 0 Å². The summed E-state index contributed by atoms with van der Waals surface area (Å²) in [5, 5.41) is 5.85. The number of rotatable bonds is 4. The molecule has 1 aliphatic heterocycles. The molecule has 1 aliphatic rings. The van der Waals surface area contributed by atoms with Crippen molar-refractivity contribution in [3.8, 4) is 0 Å². The van der Waals surface area contributed by atoms with Crippen LogP contribution in [-0.2, 0) is 9.53 Å². The van der Waals surface area contributed by atoms with Crippen LogP contribution < -0.4 is 16.4 Å². The van der Waals surface area contributed by atoms with E-state index in [4.69, 9.17) is 22.1 Å². The van der Waals surface area contributed by atoms with E-state index in [0.29, 0.717) is 42.5 Å². The maximum Gasteiger partial charge on any atom is 0.257 e. The molecule has 0 atom stereocenters. The summed E-state index contributed by atoms with van der Waals surface area (Å²) in [7, 11) is 0. The maximum absolute atomic E-state index is 12.5. The number of hydrogen-bond donors (Lipinski definition) is 3. The molecule has 1 heterocycles. The molecule has 144 valence electrons. The molecular formula is C19H21Cl2N3O3. The number of nitrogens with two attached hydrogens (primary N) is 1. The summed E-state index contributed by atoms with van der Waals surface area (Å²) in [6.45, 7) is 0.907. The molecule has 27 heavy (non-hydrogen) atoms. The number of carbonyl (C=O) groups is 2. The second kappa shape index (κ2) is 9.19. The highest BCUT2D eigenvalue weighted by atomic mass is 35.5. The predicted molar refractivity (Wildman–Crippen MR) is 109 cm³/mol. The van der Waals surface area contributed by atoms with Gasteiger partial charge in [-0.05, 0) is 43.2 Å². The Morgan fingerprint density at radius 3 is 2.33 bits per heavy atom. The van der Waals surface area contributed by atoms with Crippen molar-refractivity contribution in [1.82, 2.24) is 0 Å². The van der Waals surface area contributed by atoms with Gasteiger partial charge < -0.3 is 21.1 Å². The van der Waals surface area contributed by atoms with Crippen molar-refractivity contribution in [2.45, 2.75) is 18.4 Å². The Morgan fingerprint density at radius 2 is 1.67 bits per heavy atom. The summed E-state index contributed by atoms with van der Waals surface area (Å²) in [5.74, 6) is -0.650. The molecule has 0 bridgehead atoms. The number of ether oxygens (including phenoxy) is 1. The Labute approximate surface area is 168 Å². The van der Waals surface area contributed by atoms with Gasteiger partial charge in [0.2, 0.25) is 5.91 Å². The number of halogens is 2. The van der Waals surface area contributed by atoms with Crippen LogP contribution in [0, 0.1) is 0 Å².